The average Bonchev–Trinajstić information content (AvgIpc) is 3.09. The lowest BCUT2D eigenvalue weighted by molar-refractivity contribution is 0.0947. The van der Waals surface area contributed by atoms with Gasteiger partial charge in [-0.25, -0.2) is 4.98 Å². The molecule has 2 heterocycles. The Balaban J connectivity index is 1.53. The number of aromatic nitrogens is 1. The summed E-state index contributed by atoms with van der Waals surface area (Å²) in [4.78, 5) is 19.7. The third kappa shape index (κ3) is 5.18. The molecule has 7 nitrogen and oxygen atoms in total. The van der Waals surface area contributed by atoms with Gasteiger partial charge in [0.15, 0.2) is 10.2 Å². The average molecular weight is 420 g/mol. The third-order valence-electron chi connectivity index (χ3n) is 4.40. The van der Waals surface area contributed by atoms with Crippen molar-refractivity contribution in [3.8, 4) is 0 Å². The molecule has 1 fully saturated rings. The summed E-state index contributed by atoms with van der Waals surface area (Å²) in [6, 6.07) is 8.05. The number of carbonyl (C=O) groups excluding carboxylic acids is 1. The van der Waals surface area contributed by atoms with Crippen LogP contribution in [0.4, 0.5) is 10.8 Å². The number of anilines is 2. The van der Waals surface area contributed by atoms with Crippen molar-refractivity contribution >= 4 is 45.4 Å². The van der Waals surface area contributed by atoms with Crippen LogP contribution in [0, 0.1) is 6.92 Å². The van der Waals surface area contributed by atoms with E-state index >= 15 is 0 Å². The van der Waals surface area contributed by atoms with Crippen LogP contribution in [0.1, 0.15) is 40.7 Å². The Morgan fingerprint density at radius 3 is 2.54 bits per heavy atom. The first-order valence-corrected chi connectivity index (χ1v) is 10.4. The van der Waals surface area contributed by atoms with Crippen LogP contribution in [0.25, 0.3) is 0 Å². The Bertz CT molecular complexity index is 829. The standard InChI is InChI=1S/C19H25N5O2S2/c1-12(2)14-4-6-15(7-5-14)21-18(27)23-22-17(25)16-13(3)20-19(28-16)24-8-10-26-11-9-24/h4-7,12H,8-11H2,1-3H3,(H,22,25)(H2,21,23,27). The Morgan fingerprint density at radius 2 is 1.89 bits per heavy atom. The molecule has 3 N–H and O–H groups in total. The van der Waals surface area contributed by atoms with E-state index in [2.05, 4.69) is 52.0 Å². The summed E-state index contributed by atoms with van der Waals surface area (Å²) in [5, 5.41) is 4.22. The maximum atomic E-state index is 12.5. The van der Waals surface area contributed by atoms with E-state index in [4.69, 9.17) is 17.0 Å². The molecule has 150 valence electrons. The monoisotopic (exact) mass is 419 g/mol. The van der Waals surface area contributed by atoms with Crippen molar-refractivity contribution in [1.82, 2.24) is 15.8 Å². The molecule has 9 heteroatoms. The molecule has 2 aromatic rings. The number of thiazole rings is 1. The maximum absolute atomic E-state index is 12.5. The van der Waals surface area contributed by atoms with Gasteiger partial charge in [0.2, 0.25) is 0 Å². The van der Waals surface area contributed by atoms with Crippen LogP contribution in [-0.4, -0.2) is 42.3 Å². The molecule has 0 saturated carbocycles. The fourth-order valence-electron chi connectivity index (χ4n) is 2.77. The van der Waals surface area contributed by atoms with Crippen molar-refractivity contribution in [1.29, 1.82) is 0 Å². The predicted octanol–water partition coefficient (Wildman–Crippen LogP) is 3.04. The lowest BCUT2D eigenvalue weighted by Gasteiger charge is -2.25. The number of hydrogen-bond donors (Lipinski definition) is 3. The summed E-state index contributed by atoms with van der Waals surface area (Å²) in [5.41, 5.74) is 8.21. The summed E-state index contributed by atoms with van der Waals surface area (Å²) < 4.78 is 5.36. The van der Waals surface area contributed by atoms with Crippen LogP contribution in [-0.2, 0) is 4.74 Å². The highest BCUT2D eigenvalue weighted by molar-refractivity contribution is 7.80. The molecule has 0 bridgehead atoms. The van der Waals surface area contributed by atoms with E-state index in [-0.39, 0.29) is 5.91 Å². The first-order chi connectivity index (χ1) is 13.4. The first-order valence-electron chi connectivity index (χ1n) is 9.21. The minimum atomic E-state index is -0.256. The van der Waals surface area contributed by atoms with Gasteiger partial charge in [-0.3, -0.25) is 15.6 Å². The van der Waals surface area contributed by atoms with Gasteiger partial charge >= 0.3 is 0 Å². The number of morpholine rings is 1. The maximum Gasteiger partial charge on any atom is 0.281 e. The van der Waals surface area contributed by atoms with Crippen molar-refractivity contribution in [2.75, 3.05) is 36.5 Å². The minimum Gasteiger partial charge on any atom is -0.378 e. The molecule has 28 heavy (non-hydrogen) atoms. The molecular weight excluding hydrogens is 394 g/mol. The summed E-state index contributed by atoms with van der Waals surface area (Å²) in [5.74, 6) is 0.220. The zero-order valence-electron chi connectivity index (χ0n) is 16.2. The molecule has 0 unspecified atom stereocenters. The van der Waals surface area contributed by atoms with Crippen molar-refractivity contribution in [3.63, 3.8) is 0 Å². The van der Waals surface area contributed by atoms with Gasteiger partial charge in [-0.2, -0.15) is 0 Å². The molecule has 0 aliphatic carbocycles. The first kappa shape index (κ1) is 20.5. The fraction of sp³-hybridized carbons (Fsp3) is 0.421. The summed E-state index contributed by atoms with van der Waals surface area (Å²) in [6.07, 6.45) is 0. The van der Waals surface area contributed by atoms with E-state index in [1.165, 1.54) is 16.9 Å². The minimum absolute atomic E-state index is 0.256. The van der Waals surface area contributed by atoms with Gasteiger partial charge in [0.05, 0.1) is 18.9 Å². The predicted molar refractivity (Wildman–Crippen MR) is 117 cm³/mol. The SMILES string of the molecule is Cc1nc(N2CCOCC2)sc1C(=O)NNC(=S)Nc1ccc(C(C)C)cc1. The number of thiocarbonyl (C=S) groups is 1. The molecule has 3 rings (SSSR count). The molecule has 1 saturated heterocycles. The molecule has 1 aliphatic heterocycles. The highest BCUT2D eigenvalue weighted by Crippen LogP contribution is 2.26. The van der Waals surface area contributed by atoms with Crippen molar-refractivity contribution in [2.45, 2.75) is 26.7 Å². The highest BCUT2D eigenvalue weighted by atomic mass is 32.1. The van der Waals surface area contributed by atoms with Gasteiger partial charge in [-0.05, 0) is 42.8 Å². The molecule has 1 aromatic carbocycles. The van der Waals surface area contributed by atoms with Gasteiger partial charge in [0.1, 0.15) is 4.88 Å². The lowest BCUT2D eigenvalue weighted by Crippen LogP contribution is -2.43. The van der Waals surface area contributed by atoms with Crippen molar-refractivity contribution in [3.05, 3.63) is 40.4 Å². The number of aryl methyl sites for hydroxylation is 1. The Labute approximate surface area is 174 Å². The normalized spacial score (nSPS) is 14.1. The fourth-order valence-corrected chi connectivity index (χ4v) is 3.95. The summed E-state index contributed by atoms with van der Waals surface area (Å²) in [7, 11) is 0. The van der Waals surface area contributed by atoms with E-state index in [9.17, 15) is 4.79 Å². The number of nitrogens with one attached hydrogen (secondary N) is 3. The smallest absolute Gasteiger partial charge is 0.281 e. The number of nitrogens with zero attached hydrogens (tertiary/aromatic N) is 2. The number of benzene rings is 1. The highest BCUT2D eigenvalue weighted by Gasteiger charge is 2.20. The molecule has 0 spiro atoms. The van der Waals surface area contributed by atoms with Gasteiger partial charge in [0, 0.05) is 18.8 Å². The van der Waals surface area contributed by atoms with Gasteiger partial charge in [-0.1, -0.05) is 37.3 Å². The second-order valence-corrected chi connectivity index (χ2v) is 8.21. The number of hydrazine groups is 1. The number of rotatable bonds is 4. The van der Waals surface area contributed by atoms with Gasteiger partial charge in [0.25, 0.3) is 5.91 Å². The van der Waals surface area contributed by atoms with E-state index in [1.54, 1.807) is 0 Å². The molecule has 1 amide bonds. The van der Waals surface area contributed by atoms with E-state index in [1.807, 2.05) is 19.1 Å². The third-order valence-corrected chi connectivity index (χ3v) is 5.82. The van der Waals surface area contributed by atoms with Crippen LogP contribution >= 0.6 is 23.6 Å². The van der Waals surface area contributed by atoms with E-state index in [0.29, 0.717) is 34.8 Å². The molecule has 0 radical (unpaired) electrons. The number of hydrogen-bond acceptors (Lipinski definition) is 6. The van der Waals surface area contributed by atoms with Gasteiger partial charge in [-0.15, -0.1) is 0 Å². The zero-order valence-corrected chi connectivity index (χ0v) is 17.9. The zero-order chi connectivity index (χ0) is 20.1. The van der Waals surface area contributed by atoms with Crippen LogP contribution in [0.15, 0.2) is 24.3 Å². The molecule has 1 aliphatic rings. The van der Waals surface area contributed by atoms with Crippen LogP contribution in [0.3, 0.4) is 0 Å². The van der Waals surface area contributed by atoms with Crippen LogP contribution in [0.5, 0.6) is 0 Å². The summed E-state index contributed by atoms with van der Waals surface area (Å²) in [6.45, 7) is 9.07. The number of ether oxygens (including phenoxy) is 1. The number of amides is 1. The largest absolute Gasteiger partial charge is 0.378 e. The van der Waals surface area contributed by atoms with Crippen molar-refractivity contribution < 1.29 is 9.53 Å². The summed E-state index contributed by atoms with van der Waals surface area (Å²) >= 11 is 6.64. The Hall–Kier alpha value is -2.23. The van der Waals surface area contributed by atoms with E-state index in [0.717, 1.165) is 23.9 Å². The molecule has 0 atom stereocenters. The second-order valence-electron chi connectivity index (χ2n) is 6.82. The molecule has 1 aromatic heterocycles. The van der Waals surface area contributed by atoms with E-state index < -0.39 is 0 Å². The quantitative estimate of drug-likeness (QED) is 0.519. The van der Waals surface area contributed by atoms with Crippen LogP contribution in [0.2, 0.25) is 0 Å². The Kier molecular flexibility index (Phi) is 6.82. The lowest BCUT2D eigenvalue weighted by atomic mass is 10.0. The van der Waals surface area contributed by atoms with Crippen molar-refractivity contribution in [2.24, 2.45) is 0 Å². The molecular formula is C19H25N5O2S2. The number of carbonyl (C=O) groups is 1. The Morgan fingerprint density at radius 1 is 1.21 bits per heavy atom. The van der Waals surface area contributed by atoms with Gasteiger partial charge < -0.3 is 15.0 Å². The second kappa shape index (κ2) is 9.31. The van der Waals surface area contributed by atoms with Crippen LogP contribution < -0.4 is 21.1 Å². The topological polar surface area (TPSA) is 78.5 Å².